The molecule has 0 radical (unpaired) electrons. The predicted octanol–water partition coefficient (Wildman–Crippen LogP) is 2.35. The fourth-order valence-corrected chi connectivity index (χ4v) is 2.91. The molecule has 2 amide bonds. The second-order valence-electron chi connectivity index (χ2n) is 6.33. The number of hydrogen-bond acceptors (Lipinski definition) is 4. The summed E-state index contributed by atoms with van der Waals surface area (Å²) >= 11 is 0. The number of ether oxygens (including phenoxy) is 1. The summed E-state index contributed by atoms with van der Waals surface area (Å²) in [6, 6.07) is 11.3. The molecule has 134 valence electrons. The molecular formula is C19H25N3O3. The average molecular weight is 343 g/mol. The van der Waals surface area contributed by atoms with Crippen molar-refractivity contribution in [3.05, 3.63) is 30.3 Å². The molecule has 0 aliphatic carbocycles. The van der Waals surface area contributed by atoms with Gasteiger partial charge in [-0.05, 0) is 26.0 Å². The van der Waals surface area contributed by atoms with E-state index >= 15 is 0 Å². The fraction of sp³-hybridized carbons (Fsp3) is 0.526. The molecule has 1 fully saturated rings. The van der Waals surface area contributed by atoms with Crippen LogP contribution in [0.5, 0.6) is 0 Å². The number of carbonyl (C=O) groups is 2. The Bertz CT molecular complexity index is 627. The lowest BCUT2D eigenvalue weighted by Crippen LogP contribution is -2.50. The smallest absolute Gasteiger partial charge is 0.227 e. The minimum Gasteiger partial charge on any atom is -0.375 e. The van der Waals surface area contributed by atoms with Crippen LogP contribution in [0.1, 0.15) is 33.1 Å². The van der Waals surface area contributed by atoms with Crippen LogP contribution >= 0.6 is 0 Å². The SMILES string of the molecule is C[C@H]1CN(C(=O)CCC(=O)N(CCC#N)c2ccccc2)[C@@H](C)CO1. The maximum absolute atomic E-state index is 12.6. The summed E-state index contributed by atoms with van der Waals surface area (Å²) in [5.74, 6) is -0.159. The van der Waals surface area contributed by atoms with Gasteiger partial charge in [-0.3, -0.25) is 9.59 Å². The molecule has 1 heterocycles. The van der Waals surface area contributed by atoms with Gasteiger partial charge in [0.25, 0.3) is 0 Å². The molecule has 25 heavy (non-hydrogen) atoms. The van der Waals surface area contributed by atoms with Gasteiger partial charge in [0.05, 0.1) is 31.2 Å². The van der Waals surface area contributed by atoms with Crippen LogP contribution in [0.25, 0.3) is 0 Å². The Morgan fingerprint density at radius 1 is 1.28 bits per heavy atom. The molecule has 0 saturated carbocycles. The van der Waals surface area contributed by atoms with Crippen LogP contribution in [0.15, 0.2) is 30.3 Å². The van der Waals surface area contributed by atoms with Crippen LogP contribution < -0.4 is 4.90 Å². The van der Waals surface area contributed by atoms with Gasteiger partial charge in [0.15, 0.2) is 0 Å². The summed E-state index contributed by atoms with van der Waals surface area (Å²) in [5.41, 5.74) is 0.753. The van der Waals surface area contributed by atoms with Crippen LogP contribution in [0.4, 0.5) is 5.69 Å². The number of nitrogens with zero attached hydrogens (tertiary/aromatic N) is 3. The van der Waals surface area contributed by atoms with Gasteiger partial charge in [-0.25, -0.2) is 0 Å². The molecule has 0 spiro atoms. The third kappa shape index (κ3) is 5.30. The number of hydrogen-bond donors (Lipinski definition) is 0. The fourth-order valence-electron chi connectivity index (χ4n) is 2.91. The second-order valence-corrected chi connectivity index (χ2v) is 6.33. The summed E-state index contributed by atoms with van der Waals surface area (Å²) in [6.07, 6.45) is 0.586. The highest BCUT2D eigenvalue weighted by Crippen LogP contribution is 2.17. The number of anilines is 1. The lowest BCUT2D eigenvalue weighted by molar-refractivity contribution is -0.144. The topological polar surface area (TPSA) is 73.6 Å². The number of rotatable bonds is 6. The zero-order valence-electron chi connectivity index (χ0n) is 14.9. The minimum absolute atomic E-state index is 0.0206. The Hall–Kier alpha value is -2.39. The van der Waals surface area contributed by atoms with Crippen molar-refractivity contribution in [2.45, 2.75) is 45.3 Å². The van der Waals surface area contributed by atoms with Crippen molar-refractivity contribution < 1.29 is 14.3 Å². The Morgan fingerprint density at radius 2 is 2.00 bits per heavy atom. The second kappa shape index (κ2) is 9.19. The predicted molar refractivity (Wildman–Crippen MR) is 94.8 cm³/mol. The van der Waals surface area contributed by atoms with E-state index in [1.165, 1.54) is 0 Å². The first-order valence-electron chi connectivity index (χ1n) is 8.66. The van der Waals surface area contributed by atoms with Crippen LogP contribution in [0.3, 0.4) is 0 Å². The highest BCUT2D eigenvalue weighted by atomic mass is 16.5. The lowest BCUT2D eigenvalue weighted by Gasteiger charge is -2.37. The molecule has 1 aliphatic heterocycles. The van der Waals surface area contributed by atoms with Crippen molar-refractivity contribution in [2.24, 2.45) is 0 Å². The van der Waals surface area contributed by atoms with E-state index in [2.05, 4.69) is 6.07 Å². The zero-order valence-corrected chi connectivity index (χ0v) is 14.9. The van der Waals surface area contributed by atoms with Gasteiger partial charge < -0.3 is 14.5 Å². The largest absolute Gasteiger partial charge is 0.375 e. The van der Waals surface area contributed by atoms with E-state index in [1.807, 2.05) is 44.2 Å². The molecule has 0 aromatic heterocycles. The molecule has 2 rings (SSSR count). The summed E-state index contributed by atoms with van der Waals surface area (Å²) in [7, 11) is 0. The molecule has 6 nitrogen and oxygen atoms in total. The lowest BCUT2D eigenvalue weighted by atomic mass is 10.1. The number of benzene rings is 1. The van der Waals surface area contributed by atoms with Gasteiger partial charge in [-0.1, -0.05) is 18.2 Å². The Kier molecular flexibility index (Phi) is 6.96. The molecule has 2 atom stereocenters. The molecule has 0 unspecified atom stereocenters. The van der Waals surface area contributed by atoms with Crippen LogP contribution in [-0.4, -0.2) is 48.6 Å². The van der Waals surface area contributed by atoms with Crippen LogP contribution in [0, 0.1) is 11.3 Å². The van der Waals surface area contributed by atoms with Crippen molar-refractivity contribution in [3.8, 4) is 6.07 Å². The minimum atomic E-state index is -0.135. The van der Waals surface area contributed by atoms with Gasteiger partial charge in [0, 0.05) is 31.6 Å². The number of nitriles is 1. The Morgan fingerprint density at radius 3 is 2.68 bits per heavy atom. The van der Waals surface area contributed by atoms with Gasteiger partial charge in [-0.15, -0.1) is 0 Å². The van der Waals surface area contributed by atoms with Gasteiger partial charge >= 0.3 is 0 Å². The van der Waals surface area contributed by atoms with E-state index in [0.29, 0.717) is 19.7 Å². The van der Waals surface area contributed by atoms with E-state index in [0.717, 1.165) is 5.69 Å². The van der Waals surface area contributed by atoms with Gasteiger partial charge in [0.1, 0.15) is 0 Å². The molecule has 1 aliphatic rings. The van der Waals surface area contributed by atoms with Gasteiger partial charge in [-0.2, -0.15) is 5.26 Å². The van der Waals surface area contributed by atoms with Crippen molar-refractivity contribution in [1.82, 2.24) is 4.90 Å². The Labute approximate surface area is 149 Å². The molecule has 0 bridgehead atoms. The first kappa shape index (κ1) is 18.9. The molecule has 6 heteroatoms. The van der Waals surface area contributed by atoms with Crippen LogP contribution in [0.2, 0.25) is 0 Å². The monoisotopic (exact) mass is 343 g/mol. The Balaban J connectivity index is 1.96. The molecular weight excluding hydrogens is 318 g/mol. The van der Waals surface area contributed by atoms with Crippen molar-refractivity contribution in [2.75, 3.05) is 24.6 Å². The highest BCUT2D eigenvalue weighted by Gasteiger charge is 2.28. The zero-order chi connectivity index (χ0) is 18.2. The summed E-state index contributed by atoms with van der Waals surface area (Å²) in [5, 5.41) is 8.83. The van der Waals surface area contributed by atoms with Crippen molar-refractivity contribution >= 4 is 17.5 Å². The maximum Gasteiger partial charge on any atom is 0.227 e. The normalized spacial score (nSPS) is 20.0. The van der Waals surface area contributed by atoms with Crippen molar-refractivity contribution in [3.63, 3.8) is 0 Å². The summed E-state index contributed by atoms with van der Waals surface area (Å²) in [6.45, 7) is 5.31. The summed E-state index contributed by atoms with van der Waals surface area (Å²) < 4.78 is 5.54. The summed E-state index contributed by atoms with van der Waals surface area (Å²) in [4.78, 5) is 28.5. The van der Waals surface area contributed by atoms with E-state index in [9.17, 15) is 9.59 Å². The third-order valence-electron chi connectivity index (χ3n) is 4.30. The van der Waals surface area contributed by atoms with E-state index in [4.69, 9.17) is 10.00 Å². The van der Waals surface area contributed by atoms with E-state index < -0.39 is 0 Å². The first-order chi connectivity index (χ1) is 12.0. The third-order valence-corrected chi connectivity index (χ3v) is 4.30. The standard InChI is InChI=1S/C19H25N3O3/c1-15-14-25-16(2)13-22(15)19(24)10-9-18(23)21(12-6-11-20)17-7-4-3-5-8-17/h3-5,7-8,15-16H,6,9-10,12-14H2,1-2H3/t15-,16-/m0/s1. The molecule has 1 aromatic rings. The first-order valence-corrected chi connectivity index (χ1v) is 8.66. The quantitative estimate of drug-likeness (QED) is 0.795. The highest BCUT2D eigenvalue weighted by molar-refractivity contribution is 5.95. The number of para-hydroxylation sites is 1. The molecule has 0 N–H and O–H groups in total. The number of morpholine rings is 1. The molecule has 1 saturated heterocycles. The maximum atomic E-state index is 12.6. The van der Waals surface area contributed by atoms with Crippen molar-refractivity contribution in [1.29, 1.82) is 5.26 Å². The molecule has 1 aromatic carbocycles. The number of amides is 2. The van der Waals surface area contributed by atoms with E-state index in [1.54, 1.807) is 9.80 Å². The number of carbonyl (C=O) groups excluding carboxylic acids is 2. The van der Waals surface area contributed by atoms with E-state index in [-0.39, 0.29) is 43.2 Å². The van der Waals surface area contributed by atoms with Crippen LogP contribution in [-0.2, 0) is 14.3 Å². The van der Waals surface area contributed by atoms with Gasteiger partial charge in [0.2, 0.25) is 11.8 Å². The average Bonchev–Trinajstić information content (AvgIpc) is 2.63.